The van der Waals surface area contributed by atoms with E-state index in [-0.39, 0.29) is 5.91 Å². The van der Waals surface area contributed by atoms with Crippen LogP contribution in [0.25, 0.3) is 0 Å². The Kier molecular flexibility index (Phi) is 4.89. The van der Waals surface area contributed by atoms with Crippen LogP contribution in [0.3, 0.4) is 0 Å². The van der Waals surface area contributed by atoms with E-state index in [4.69, 9.17) is 14.2 Å². The first-order chi connectivity index (χ1) is 11.7. The average molecular weight is 327 g/mol. The zero-order valence-corrected chi connectivity index (χ0v) is 13.9. The van der Waals surface area contributed by atoms with Crippen molar-refractivity contribution in [2.24, 2.45) is 0 Å². The number of benzene rings is 2. The van der Waals surface area contributed by atoms with Crippen molar-refractivity contribution >= 4 is 5.91 Å². The average Bonchev–Trinajstić information content (AvgIpc) is 2.84. The fourth-order valence-corrected chi connectivity index (χ4v) is 2.62. The van der Waals surface area contributed by atoms with Crippen molar-refractivity contribution in [2.45, 2.75) is 19.9 Å². The van der Waals surface area contributed by atoms with Crippen molar-refractivity contribution in [3.63, 3.8) is 0 Å². The Morgan fingerprint density at radius 2 is 1.88 bits per heavy atom. The minimum atomic E-state index is -0.203. The minimum Gasteiger partial charge on any atom is -0.496 e. The molecule has 2 aromatic carbocycles. The van der Waals surface area contributed by atoms with E-state index in [1.165, 1.54) is 7.11 Å². The summed E-state index contributed by atoms with van der Waals surface area (Å²) in [6.45, 7) is 3.65. The third-order valence-corrected chi connectivity index (χ3v) is 4.01. The summed E-state index contributed by atoms with van der Waals surface area (Å²) in [6, 6.07) is 11.4. The fraction of sp³-hybridized carbons (Fsp3) is 0.316. The summed E-state index contributed by atoms with van der Waals surface area (Å²) in [6.07, 6.45) is 0.811. The van der Waals surface area contributed by atoms with E-state index < -0.39 is 0 Å². The summed E-state index contributed by atoms with van der Waals surface area (Å²) in [4.78, 5) is 12.6. The Bertz CT molecular complexity index is 742. The van der Waals surface area contributed by atoms with Gasteiger partial charge in [-0.05, 0) is 18.1 Å². The molecule has 3 rings (SSSR count). The normalized spacial score (nSPS) is 13.1. The highest BCUT2D eigenvalue weighted by atomic mass is 16.5. The second-order valence-electron chi connectivity index (χ2n) is 5.66. The lowest BCUT2D eigenvalue weighted by Gasteiger charge is -2.14. The molecule has 0 unspecified atom stereocenters. The van der Waals surface area contributed by atoms with Gasteiger partial charge in [-0.25, -0.2) is 0 Å². The molecule has 0 saturated carbocycles. The molecule has 5 heteroatoms. The van der Waals surface area contributed by atoms with Crippen LogP contribution >= 0.6 is 0 Å². The molecule has 1 aliphatic heterocycles. The maximum atomic E-state index is 12.6. The largest absolute Gasteiger partial charge is 0.496 e. The highest BCUT2D eigenvalue weighted by molar-refractivity contribution is 5.97. The topological polar surface area (TPSA) is 56.8 Å². The van der Waals surface area contributed by atoms with Crippen LogP contribution in [0.15, 0.2) is 36.4 Å². The second-order valence-corrected chi connectivity index (χ2v) is 5.66. The van der Waals surface area contributed by atoms with Gasteiger partial charge in [0.25, 0.3) is 5.91 Å². The van der Waals surface area contributed by atoms with Crippen molar-refractivity contribution in [1.29, 1.82) is 0 Å². The molecule has 24 heavy (non-hydrogen) atoms. The monoisotopic (exact) mass is 327 g/mol. The van der Waals surface area contributed by atoms with Gasteiger partial charge >= 0.3 is 0 Å². The summed E-state index contributed by atoms with van der Waals surface area (Å²) >= 11 is 0. The van der Waals surface area contributed by atoms with Gasteiger partial charge in [0.1, 0.15) is 5.75 Å². The lowest BCUT2D eigenvalue weighted by molar-refractivity contribution is 0.0947. The van der Waals surface area contributed by atoms with E-state index in [1.54, 1.807) is 12.1 Å². The molecule has 1 aliphatic rings. The SMILES string of the molecule is COc1cc2c(cc1C(=O)NCc1ccccc1C)OCCCO2. The van der Waals surface area contributed by atoms with Crippen molar-refractivity contribution < 1.29 is 19.0 Å². The van der Waals surface area contributed by atoms with Gasteiger partial charge in [-0.15, -0.1) is 0 Å². The molecule has 0 aliphatic carbocycles. The number of rotatable bonds is 4. The Hall–Kier alpha value is -2.69. The number of nitrogens with one attached hydrogen (secondary N) is 1. The van der Waals surface area contributed by atoms with Crippen molar-refractivity contribution in [1.82, 2.24) is 5.32 Å². The molecule has 0 saturated heterocycles. The highest BCUT2D eigenvalue weighted by Crippen LogP contribution is 2.36. The lowest BCUT2D eigenvalue weighted by Crippen LogP contribution is -2.23. The lowest BCUT2D eigenvalue weighted by atomic mass is 10.1. The molecule has 0 fully saturated rings. The summed E-state index contributed by atoms with van der Waals surface area (Å²) < 4.78 is 16.6. The molecule has 1 amide bonds. The number of amides is 1. The Balaban J connectivity index is 1.81. The van der Waals surface area contributed by atoms with Gasteiger partial charge in [0.05, 0.1) is 25.9 Å². The fourth-order valence-electron chi connectivity index (χ4n) is 2.62. The van der Waals surface area contributed by atoms with Crippen molar-refractivity contribution in [3.8, 4) is 17.2 Å². The zero-order valence-electron chi connectivity index (χ0n) is 13.9. The third kappa shape index (κ3) is 3.45. The molecule has 0 radical (unpaired) electrons. The maximum Gasteiger partial charge on any atom is 0.255 e. The van der Waals surface area contributed by atoms with E-state index in [0.29, 0.717) is 42.6 Å². The highest BCUT2D eigenvalue weighted by Gasteiger charge is 2.19. The van der Waals surface area contributed by atoms with Crippen molar-refractivity contribution in [3.05, 3.63) is 53.1 Å². The number of hydrogen-bond donors (Lipinski definition) is 1. The second kappa shape index (κ2) is 7.25. The molecule has 0 spiro atoms. The number of ether oxygens (including phenoxy) is 3. The summed E-state index contributed by atoms with van der Waals surface area (Å²) in [7, 11) is 1.54. The first-order valence-electron chi connectivity index (χ1n) is 7.99. The first kappa shape index (κ1) is 16.2. The predicted molar refractivity (Wildman–Crippen MR) is 91.0 cm³/mol. The number of fused-ring (bicyclic) bond motifs is 1. The molecule has 1 heterocycles. The van der Waals surface area contributed by atoms with Crippen LogP contribution in [0.1, 0.15) is 27.9 Å². The Morgan fingerprint density at radius 1 is 1.17 bits per heavy atom. The summed E-state index contributed by atoms with van der Waals surface area (Å²) in [5.41, 5.74) is 2.66. The van der Waals surface area contributed by atoms with E-state index in [9.17, 15) is 4.79 Å². The minimum absolute atomic E-state index is 0.203. The Labute approximate surface area is 141 Å². The molecule has 0 atom stereocenters. The zero-order chi connectivity index (χ0) is 16.9. The standard InChI is InChI=1S/C19H21NO4/c1-13-6-3-4-7-14(13)12-20-19(21)15-10-17-18(11-16(15)22-2)24-9-5-8-23-17/h3-4,6-7,10-11H,5,8-9,12H2,1-2H3,(H,20,21). The van der Waals surface area contributed by atoms with Crippen LogP contribution in [0.5, 0.6) is 17.2 Å². The van der Waals surface area contributed by atoms with E-state index in [0.717, 1.165) is 17.5 Å². The molecule has 2 aromatic rings. The van der Waals surface area contributed by atoms with Crippen LogP contribution in [0.4, 0.5) is 0 Å². The smallest absolute Gasteiger partial charge is 0.255 e. The number of carbonyl (C=O) groups excluding carboxylic acids is 1. The summed E-state index contributed by atoms with van der Waals surface area (Å²) in [5.74, 6) is 1.46. The van der Waals surface area contributed by atoms with Gasteiger partial charge in [0.2, 0.25) is 0 Å². The van der Waals surface area contributed by atoms with E-state index in [1.807, 2.05) is 31.2 Å². The molecular formula is C19H21NO4. The first-order valence-corrected chi connectivity index (χ1v) is 7.99. The van der Waals surface area contributed by atoms with Gasteiger partial charge in [-0.1, -0.05) is 24.3 Å². The predicted octanol–water partition coefficient (Wildman–Crippen LogP) is 3.09. The molecule has 1 N–H and O–H groups in total. The number of hydrogen-bond acceptors (Lipinski definition) is 4. The van der Waals surface area contributed by atoms with Gasteiger partial charge in [-0.3, -0.25) is 4.79 Å². The van der Waals surface area contributed by atoms with Gasteiger partial charge in [0, 0.05) is 25.1 Å². The molecule has 0 bridgehead atoms. The molecule has 0 aromatic heterocycles. The van der Waals surface area contributed by atoms with Gasteiger partial charge in [-0.2, -0.15) is 0 Å². The van der Waals surface area contributed by atoms with Crippen LogP contribution in [-0.2, 0) is 6.54 Å². The quantitative estimate of drug-likeness (QED) is 0.937. The number of aryl methyl sites for hydroxylation is 1. The van der Waals surface area contributed by atoms with Crippen LogP contribution < -0.4 is 19.5 Å². The Morgan fingerprint density at radius 3 is 2.58 bits per heavy atom. The molecular weight excluding hydrogens is 306 g/mol. The molecule has 5 nitrogen and oxygen atoms in total. The summed E-state index contributed by atoms with van der Waals surface area (Å²) in [5, 5.41) is 2.94. The van der Waals surface area contributed by atoms with Crippen LogP contribution in [0, 0.1) is 6.92 Å². The third-order valence-electron chi connectivity index (χ3n) is 4.01. The van der Waals surface area contributed by atoms with Crippen molar-refractivity contribution in [2.75, 3.05) is 20.3 Å². The van der Waals surface area contributed by atoms with E-state index in [2.05, 4.69) is 5.32 Å². The maximum absolute atomic E-state index is 12.6. The van der Waals surface area contributed by atoms with E-state index >= 15 is 0 Å². The van der Waals surface area contributed by atoms with Gasteiger partial charge < -0.3 is 19.5 Å². The van der Waals surface area contributed by atoms with Crippen LogP contribution in [0.2, 0.25) is 0 Å². The van der Waals surface area contributed by atoms with Crippen LogP contribution in [-0.4, -0.2) is 26.2 Å². The number of methoxy groups -OCH3 is 1. The molecule has 126 valence electrons. The number of carbonyl (C=O) groups is 1. The van der Waals surface area contributed by atoms with Gasteiger partial charge in [0.15, 0.2) is 11.5 Å².